The number of tetrazole rings is 1. The normalized spacial score (nSPS) is 32.8. The third-order valence-corrected chi connectivity index (χ3v) is 8.63. The van der Waals surface area contributed by atoms with Crippen molar-refractivity contribution >= 4 is 36.8 Å². The molecule has 2 aliphatic carbocycles. The maximum absolute atomic E-state index is 12.8. The maximum atomic E-state index is 12.8. The molecule has 1 aromatic heterocycles. The number of likely N-dealkylation sites (tertiary alicyclic amines) is 1. The standard InChI is InChI=1S/C24H38N6O4.2ClH/c1-2-34-24(33)21-11-19(30-27-22(26-28-30)16-5-3-4-6-16)14-29(21)13-15-7-8-17-12-25-20(23(31)32)10-18(17)9-15;;/h15-21,25H,2-14H2,1H3,(H,31,32);2*1H/t15-,17-,18+,19-,20-,21-;;/m0../s1. The van der Waals surface area contributed by atoms with Crippen LogP contribution in [0.15, 0.2) is 0 Å². The molecule has 1 aromatic rings. The summed E-state index contributed by atoms with van der Waals surface area (Å²) in [5.41, 5.74) is 0. The number of nitrogens with zero attached hydrogens (tertiary/aromatic N) is 5. The molecular formula is C24H40Cl2N6O4. The van der Waals surface area contributed by atoms with Crippen LogP contribution in [0, 0.1) is 17.8 Å². The van der Waals surface area contributed by atoms with Gasteiger partial charge in [0.15, 0.2) is 5.82 Å². The second kappa shape index (κ2) is 12.8. The Morgan fingerprint density at radius 1 is 1.08 bits per heavy atom. The summed E-state index contributed by atoms with van der Waals surface area (Å²) in [6.45, 7) is 4.57. The number of piperidine rings is 1. The van der Waals surface area contributed by atoms with Crippen molar-refractivity contribution in [1.82, 2.24) is 30.4 Å². The SMILES string of the molecule is CCOC(=O)[C@@H]1C[C@H](n2nnc(C3CCCC3)n2)CN1C[C@H]1CC[C@H]2CN[C@H](C(=O)O)C[C@H]2C1.Cl.Cl. The Kier molecular flexibility index (Phi) is 10.4. The van der Waals surface area contributed by atoms with Gasteiger partial charge in [0.25, 0.3) is 0 Å². The van der Waals surface area contributed by atoms with Crippen LogP contribution < -0.4 is 5.32 Å². The zero-order chi connectivity index (χ0) is 23.7. The van der Waals surface area contributed by atoms with Crippen LogP contribution >= 0.6 is 24.8 Å². The second-order valence-electron chi connectivity index (χ2n) is 10.8. The first-order valence-corrected chi connectivity index (χ1v) is 13.2. The van der Waals surface area contributed by atoms with Crippen molar-refractivity contribution in [2.24, 2.45) is 17.8 Å². The van der Waals surface area contributed by atoms with Crippen molar-refractivity contribution in [3.05, 3.63) is 5.82 Å². The number of halogens is 2. The van der Waals surface area contributed by atoms with Gasteiger partial charge in [-0.1, -0.05) is 12.8 Å². The van der Waals surface area contributed by atoms with Crippen molar-refractivity contribution in [1.29, 1.82) is 0 Å². The Balaban J connectivity index is 0.00000180. The summed E-state index contributed by atoms with van der Waals surface area (Å²) in [7, 11) is 0. The highest BCUT2D eigenvalue weighted by molar-refractivity contribution is 5.85. The van der Waals surface area contributed by atoms with Crippen molar-refractivity contribution in [2.45, 2.75) is 88.8 Å². The number of aliphatic carboxylic acids is 1. The number of ether oxygens (including phenoxy) is 1. The highest BCUT2D eigenvalue weighted by atomic mass is 35.5. The van der Waals surface area contributed by atoms with E-state index >= 15 is 0 Å². The lowest BCUT2D eigenvalue weighted by Crippen LogP contribution is -2.50. The molecule has 3 heterocycles. The number of hydrogen-bond acceptors (Lipinski definition) is 8. The number of aromatic nitrogens is 4. The van der Waals surface area contributed by atoms with Crippen molar-refractivity contribution in [2.75, 3.05) is 26.2 Å². The number of hydrogen-bond donors (Lipinski definition) is 2. The fourth-order valence-corrected chi connectivity index (χ4v) is 6.82. The molecule has 5 rings (SSSR count). The van der Waals surface area contributed by atoms with E-state index in [1.807, 2.05) is 6.92 Å². The number of carbonyl (C=O) groups excluding carboxylic acids is 1. The molecule has 0 bridgehead atoms. The fraction of sp³-hybridized carbons (Fsp3) is 0.875. The van der Waals surface area contributed by atoms with Crippen LogP contribution in [0.1, 0.15) is 82.5 Å². The summed E-state index contributed by atoms with van der Waals surface area (Å²) in [5, 5.41) is 26.1. The summed E-state index contributed by atoms with van der Waals surface area (Å²) in [6.07, 6.45) is 9.33. The van der Waals surface area contributed by atoms with E-state index in [0.29, 0.717) is 49.7 Å². The first kappa shape index (κ1) is 29.1. The van der Waals surface area contributed by atoms with Crippen molar-refractivity contribution < 1.29 is 19.4 Å². The summed E-state index contributed by atoms with van der Waals surface area (Å²) >= 11 is 0. The van der Waals surface area contributed by atoms with E-state index in [-0.39, 0.29) is 42.9 Å². The second-order valence-corrected chi connectivity index (χ2v) is 10.8. The number of carboxylic acid groups (broad SMARTS) is 1. The smallest absolute Gasteiger partial charge is 0.323 e. The van der Waals surface area contributed by atoms with Crippen LogP contribution in [-0.4, -0.2) is 80.5 Å². The van der Waals surface area contributed by atoms with E-state index in [4.69, 9.17) is 9.84 Å². The third-order valence-electron chi connectivity index (χ3n) is 8.63. The summed E-state index contributed by atoms with van der Waals surface area (Å²) in [5.74, 6) is 1.81. The average molecular weight is 548 g/mol. The van der Waals surface area contributed by atoms with Gasteiger partial charge in [-0.15, -0.1) is 35.0 Å². The summed E-state index contributed by atoms with van der Waals surface area (Å²) in [6, 6.07) is -0.706. The first-order valence-electron chi connectivity index (χ1n) is 13.2. The molecule has 4 fully saturated rings. The molecular weight excluding hydrogens is 507 g/mol. The van der Waals surface area contributed by atoms with E-state index in [9.17, 15) is 14.7 Å². The minimum atomic E-state index is -0.748. The fourth-order valence-electron chi connectivity index (χ4n) is 6.82. The number of esters is 1. The largest absolute Gasteiger partial charge is 0.480 e. The van der Waals surface area contributed by atoms with Crippen molar-refractivity contribution in [3.63, 3.8) is 0 Å². The molecule has 2 saturated heterocycles. The van der Waals surface area contributed by atoms with Gasteiger partial charge in [0.05, 0.1) is 12.6 Å². The van der Waals surface area contributed by atoms with Gasteiger partial charge in [-0.2, -0.15) is 4.80 Å². The van der Waals surface area contributed by atoms with Crippen LogP contribution in [0.5, 0.6) is 0 Å². The van der Waals surface area contributed by atoms with Gasteiger partial charge in [-0.05, 0) is 81.4 Å². The first-order chi connectivity index (χ1) is 16.5. The van der Waals surface area contributed by atoms with Gasteiger partial charge in [0.1, 0.15) is 12.1 Å². The van der Waals surface area contributed by atoms with Gasteiger partial charge in [0, 0.05) is 19.0 Å². The van der Waals surface area contributed by atoms with E-state index in [1.165, 1.54) is 12.8 Å². The molecule has 10 nitrogen and oxygen atoms in total. The molecule has 0 amide bonds. The molecule has 2 aliphatic heterocycles. The highest BCUT2D eigenvalue weighted by Crippen LogP contribution is 2.40. The minimum Gasteiger partial charge on any atom is -0.480 e. The molecule has 0 spiro atoms. The third kappa shape index (κ3) is 6.31. The van der Waals surface area contributed by atoms with Gasteiger partial charge >= 0.3 is 11.9 Å². The van der Waals surface area contributed by atoms with Crippen LogP contribution in [0.4, 0.5) is 0 Å². The monoisotopic (exact) mass is 546 g/mol. The van der Waals surface area contributed by atoms with Crippen LogP contribution in [-0.2, 0) is 14.3 Å². The summed E-state index contributed by atoms with van der Waals surface area (Å²) < 4.78 is 5.42. The van der Waals surface area contributed by atoms with Crippen LogP contribution in [0.2, 0.25) is 0 Å². The predicted molar refractivity (Wildman–Crippen MR) is 138 cm³/mol. The Hall–Kier alpha value is -1.49. The van der Waals surface area contributed by atoms with E-state index < -0.39 is 12.0 Å². The number of carboxylic acids is 1. The topological polar surface area (TPSA) is 122 Å². The quantitative estimate of drug-likeness (QED) is 0.496. The maximum Gasteiger partial charge on any atom is 0.323 e. The lowest BCUT2D eigenvalue weighted by Gasteiger charge is -2.42. The highest BCUT2D eigenvalue weighted by Gasteiger charge is 2.43. The summed E-state index contributed by atoms with van der Waals surface area (Å²) in [4.78, 5) is 28.3. The van der Waals surface area contributed by atoms with E-state index in [0.717, 1.165) is 51.0 Å². The average Bonchev–Trinajstić information content (AvgIpc) is 3.59. The predicted octanol–water partition coefficient (Wildman–Crippen LogP) is 2.83. The van der Waals surface area contributed by atoms with E-state index in [1.54, 1.807) is 4.80 Å². The molecule has 36 heavy (non-hydrogen) atoms. The van der Waals surface area contributed by atoms with Gasteiger partial charge in [0.2, 0.25) is 0 Å². The Bertz CT molecular complexity index is 883. The molecule has 4 aliphatic rings. The van der Waals surface area contributed by atoms with Gasteiger partial charge in [-0.3, -0.25) is 14.5 Å². The molecule has 12 heteroatoms. The lowest BCUT2D eigenvalue weighted by molar-refractivity contribution is -0.149. The molecule has 0 aromatic carbocycles. The number of nitrogens with one attached hydrogen (secondary N) is 1. The van der Waals surface area contributed by atoms with E-state index in [2.05, 4.69) is 20.5 Å². The molecule has 2 N–H and O–H groups in total. The Morgan fingerprint density at radius 3 is 2.58 bits per heavy atom. The number of fused-ring (bicyclic) bond motifs is 1. The Morgan fingerprint density at radius 2 is 1.86 bits per heavy atom. The Labute approximate surface area is 225 Å². The molecule has 0 unspecified atom stereocenters. The lowest BCUT2D eigenvalue weighted by atomic mass is 9.69. The van der Waals surface area contributed by atoms with Crippen molar-refractivity contribution in [3.8, 4) is 0 Å². The number of carbonyl (C=O) groups is 2. The van der Waals surface area contributed by atoms with Gasteiger partial charge in [-0.25, -0.2) is 0 Å². The van der Waals surface area contributed by atoms with Crippen LogP contribution in [0.25, 0.3) is 0 Å². The molecule has 204 valence electrons. The molecule has 6 atom stereocenters. The number of rotatable bonds is 7. The zero-order valence-corrected chi connectivity index (χ0v) is 22.6. The zero-order valence-electron chi connectivity index (χ0n) is 21.0. The molecule has 2 saturated carbocycles. The molecule has 0 radical (unpaired) electrons. The minimum absolute atomic E-state index is 0. The van der Waals surface area contributed by atoms with Crippen LogP contribution in [0.3, 0.4) is 0 Å². The van der Waals surface area contributed by atoms with Gasteiger partial charge < -0.3 is 15.2 Å².